The van der Waals surface area contributed by atoms with Crippen molar-refractivity contribution in [3.05, 3.63) is 60.0 Å². The highest BCUT2D eigenvalue weighted by Gasteiger charge is 2.56. The van der Waals surface area contributed by atoms with Gasteiger partial charge in [-0.25, -0.2) is 23.7 Å². The number of ether oxygens (including phenoxy) is 3. The second-order valence-electron chi connectivity index (χ2n) is 8.74. The Bertz CT molecular complexity index is 1280. The van der Waals surface area contributed by atoms with Crippen LogP contribution in [-0.2, 0) is 23.8 Å². The van der Waals surface area contributed by atoms with E-state index in [2.05, 4.69) is 5.16 Å². The molecule has 10 nitrogen and oxygen atoms in total. The lowest BCUT2D eigenvalue weighted by Crippen LogP contribution is -2.55. The number of rotatable bonds is 6. The molecule has 0 radical (unpaired) electrons. The van der Waals surface area contributed by atoms with Crippen LogP contribution in [0.2, 0.25) is 0 Å². The van der Waals surface area contributed by atoms with Crippen molar-refractivity contribution in [1.82, 2.24) is 10.1 Å². The summed E-state index contributed by atoms with van der Waals surface area (Å²) in [4.78, 5) is 39.5. The number of likely N-dealkylation sites (tertiary alicyclic amines) is 1. The molecule has 1 unspecified atom stereocenters. The number of fused-ring (bicyclic) bond motifs is 1. The minimum absolute atomic E-state index is 0.118. The summed E-state index contributed by atoms with van der Waals surface area (Å²) >= 11 is 0. The van der Waals surface area contributed by atoms with E-state index in [0.717, 1.165) is 0 Å². The highest BCUT2D eigenvalue weighted by molar-refractivity contribution is 6.31. The van der Waals surface area contributed by atoms with Gasteiger partial charge in [0.25, 0.3) is 0 Å². The third-order valence-corrected chi connectivity index (χ3v) is 6.47. The van der Waals surface area contributed by atoms with Crippen molar-refractivity contribution >= 4 is 34.7 Å². The Labute approximate surface area is 205 Å². The molecule has 0 aliphatic carbocycles. The SMILES string of the molecule is CN(C(=O)OCCCN1CCC(c2noc3cc(F)ccc23)CC12OC(=O)C(=O)O2)c1ccccc1. The lowest BCUT2D eigenvalue weighted by molar-refractivity contribution is -0.267. The fraction of sp³-hybridized carbons (Fsp3) is 0.360. The van der Waals surface area contributed by atoms with E-state index >= 15 is 0 Å². The van der Waals surface area contributed by atoms with Gasteiger partial charge in [-0.2, -0.15) is 0 Å². The zero-order valence-electron chi connectivity index (χ0n) is 19.5. The van der Waals surface area contributed by atoms with Crippen LogP contribution in [0, 0.1) is 5.82 Å². The predicted molar refractivity (Wildman–Crippen MR) is 123 cm³/mol. The van der Waals surface area contributed by atoms with Crippen LogP contribution in [0.4, 0.5) is 14.9 Å². The lowest BCUT2D eigenvalue weighted by Gasteiger charge is -2.43. The maximum Gasteiger partial charge on any atom is 0.421 e. The number of hydrogen-bond acceptors (Lipinski definition) is 9. The minimum atomic E-state index is -1.59. The Morgan fingerprint density at radius 3 is 2.69 bits per heavy atom. The number of amides is 1. The van der Waals surface area contributed by atoms with Crippen LogP contribution in [0.5, 0.6) is 0 Å². The zero-order chi connectivity index (χ0) is 25.3. The summed E-state index contributed by atoms with van der Waals surface area (Å²) in [5.41, 5.74) is 1.60. The number of aromatic nitrogens is 1. The molecule has 36 heavy (non-hydrogen) atoms. The topological polar surface area (TPSA) is 111 Å². The van der Waals surface area contributed by atoms with Gasteiger partial charge in [0.15, 0.2) is 5.58 Å². The Balaban J connectivity index is 1.24. The molecule has 1 spiro atoms. The first-order chi connectivity index (χ1) is 17.4. The maximum atomic E-state index is 13.6. The van der Waals surface area contributed by atoms with Gasteiger partial charge in [0.1, 0.15) is 5.82 Å². The highest BCUT2D eigenvalue weighted by Crippen LogP contribution is 2.43. The summed E-state index contributed by atoms with van der Waals surface area (Å²) in [5, 5.41) is 4.76. The van der Waals surface area contributed by atoms with E-state index in [9.17, 15) is 18.8 Å². The van der Waals surface area contributed by atoms with E-state index < -0.39 is 29.8 Å². The third-order valence-electron chi connectivity index (χ3n) is 6.47. The first-order valence-electron chi connectivity index (χ1n) is 11.6. The number of anilines is 1. The largest absolute Gasteiger partial charge is 0.449 e. The molecule has 2 fully saturated rings. The Hall–Kier alpha value is -3.99. The number of carbonyl (C=O) groups excluding carboxylic acids is 3. The van der Waals surface area contributed by atoms with Gasteiger partial charge in [0.05, 0.1) is 18.7 Å². The Kier molecular flexibility index (Phi) is 6.31. The number of esters is 2. The lowest BCUT2D eigenvalue weighted by atomic mass is 9.89. The summed E-state index contributed by atoms with van der Waals surface area (Å²) in [6.45, 7) is 0.881. The average molecular weight is 497 g/mol. The minimum Gasteiger partial charge on any atom is -0.449 e. The molecule has 2 aromatic carbocycles. The molecule has 1 amide bonds. The maximum absolute atomic E-state index is 13.6. The smallest absolute Gasteiger partial charge is 0.421 e. The molecule has 2 aliphatic rings. The molecule has 0 saturated carbocycles. The van der Waals surface area contributed by atoms with Crippen molar-refractivity contribution in [3.63, 3.8) is 0 Å². The van der Waals surface area contributed by atoms with Crippen molar-refractivity contribution in [1.29, 1.82) is 0 Å². The van der Waals surface area contributed by atoms with E-state index in [0.29, 0.717) is 48.3 Å². The number of nitrogens with zero attached hydrogens (tertiary/aromatic N) is 3. The molecule has 5 rings (SSSR count). The van der Waals surface area contributed by atoms with Crippen molar-refractivity contribution in [3.8, 4) is 0 Å². The van der Waals surface area contributed by atoms with Crippen LogP contribution in [0.15, 0.2) is 53.1 Å². The van der Waals surface area contributed by atoms with Crippen molar-refractivity contribution < 1.29 is 37.5 Å². The fourth-order valence-electron chi connectivity index (χ4n) is 4.64. The van der Waals surface area contributed by atoms with Crippen molar-refractivity contribution in [2.75, 3.05) is 31.6 Å². The Morgan fingerprint density at radius 1 is 1.19 bits per heavy atom. The van der Waals surface area contributed by atoms with Crippen LogP contribution < -0.4 is 4.90 Å². The van der Waals surface area contributed by atoms with Gasteiger partial charge >= 0.3 is 23.9 Å². The summed E-state index contributed by atoms with van der Waals surface area (Å²) in [5.74, 6) is -4.42. The summed E-state index contributed by atoms with van der Waals surface area (Å²) < 4.78 is 35.1. The van der Waals surface area contributed by atoms with Crippen LogP contribution >= 0.6 is 0 Å². The molecule has 0 bridgehead atoms. The van der Waals surface area contributed by atoms with Gasteiger partial charge in [-0.1, -0.05) is 23.4 Å². The van der Waals surface area contributed by atoms with Gasteiger partial charge < -0.3 is 18.7 Å². The molecule has 11 heteroatoms. The van der Waals surface area contributed by atoms with Gasteiger partial charge in [-0.3, -0.25) is 4.90 Å². The number of halogens is 1. The first kappa shape index (κ1) is 23.7. The molecule has 0 N–H and O–H groups in total. The van der Waals surface area contributed by atoms with E-state index in [1.807, 2.05) is 18.2 Å². The van der Waals surface area contributed by atoms with Gasteiger partial charge in [0, 0.05) is 43.2 Å². The number of hydrogen-bond donors (Lipinski definition) is 0. The number of benzene rings is 2. The number of piperidine rings is 1. The molecular weight excluding hydrogens is 473 g/mol. The van der Waals surface area contributed by atoms with Crippen LogP contribution in [0.1, 0.15) is 30.9 Å². The summed E-state index contributed by atoms with van der Waals surface area (Å²) in [6, 6.07) is 13.3. The van der Waals surface area contributed by atoms with Crippen LogP contribution in [0.3, 0.4) is 0 Å². The quantitative estimate of drug-likeness (QED) is 0.287. The monoisotopic (exact) mass is 497 g/mol. The standard InChI is InChI=1S/C25H24FN3O7/c1-28(18-6-3-2-4-7-18)24(32)33-13-5-11-29-12-10-16(15-25(29)34-22(30)23(31)35-25)21-19-9-8-17(26)14-20(19)36-27-21/h2-4,6-9,14,16H,5,10-13,15H2,1H3. The molecule has 3 aromatic rings. The van der Waals surface area contributed by atoms with Gasteiger partial charge in [-0.05, 0) is 37.1 Å². The molecule has 2 saturated heterocycles. The molecule has 188 valence electrons. The predicted octanol–water partition coefficient (Wildman–Crippen LogP) is 3.56. The number of para-hydroxylation sites is 1. The van der Waals surface area contributed by atoms with E-state index in [4.69, 9.17) is 18.7 Å². The molecule has 3 heterocycles. The first-order valence-corrected chi connectivity index (χ1v) is 11.6. The molecule has 2 aliphatic heterocycles. The average Bonchev–Trinajstić information content (AvgIpc) is 3.42. The van der Waals surface area contributed by atoms with Crippen molar-refractivity contribution in [2.45, 2.75) is 31.1 Å². The molecular formula is C25H24FN3O7. The summed E-state index contributed by atoms with van der Waals surface area (Å²) in [6.07, 6.45) is 0.664. The van der Waals surface area contributed by atoms with E-state index in [1.54, 1.807) is 30.1 Å². The van der Waals surface area contributed by atoms with E-state index in [1.165, 1.54) is 17.0 Å². The van der Waals surface area contributed by atoms with Crippen LogP contribution in [-0.4, -0.2) is 60.7 Å². The Morgan fingerprint density at radius 2 is 1.94 bits per heavy atom. The summed E-state index contributed by atoms with van der Waals surface area (Å²) in [7, 11) is 1.62. The second kappa shape index (κ2) is 9.57. The molecule has 1 atom stereocenters. The zero-order valence-corrected chi connectivity index (χ0v) is 19.5. The van der Waals surface area contributed by atoms with Gasteiger partial charge in [0.2, 0.25) is 0 Å². The van der Waals surface area contributed by atoms with Gasteiger partial charge in [-0.15, -0.1) is 0 Å². The normalized spacial score (nSPS) is 19.3. The fourth-order valence-corrected chi connectivity index (χ4v) is 4.64. The number of carbonyl (C=O) groups is 3. The van der Waals surface area contributed by atoms with Crippen molar-refractivity contribution in [2.24, 2.45) is 0 Å². The highest BCUT2D eigenvalue weighted by atomic mass is 19.1. The second-order valence-corrected chi connectivity index (χ2v) is 8.74. The third kappa shape index (κ3) is 4.49. The molecule has 1 aromatic heterocycles. The van der Waals surface area contributed by atoms with Crippen LogP contribution in [0.25, 0.3) is 11.0 Å². The van der Waals surface area contributed by atoms with E-state index in [-0.39, 0.29) is 18.9 Å².